The molecule has 0 bridgehead atoms. The Morgan fingerprint density at radius 1 is 1.37 bits per heavy atom. The van der Waals surface area contributed by atoms with Crippen molar-refractivity contribution in [3.63, 3.8) is 0 Å². The molecule has 2 rings (SSSR count). The number of benzene rings is 1. The summed E-state index contributed by atoms with van der Waals surface area (Å²) in [5.74, 6) is -0.152. The van der Waals surface area contributed by atoms with Crippen LogP contribution in [0.1, 0.15) is 5.56 Å². The number of para-hydroxylation sites is 1. The van der Waals surface area contributed by atoms with Gasteiger partial charge >= 0.3 is 5.97 Å². The summed E-state index contributed by atoms with van der Waals surface area (Å²) in [6.07, 6.45) is 5.97. The van der Waals surface area contributed by atoms with Crippen molar-refractivity contribution in [1.82, 2.24) is 9.78 Å². The van der Waals surface area contributed by atoms with Crippen molar-refractivity contribution in [3.8, 4) is 5.75 Å². The standard InChI is InChI=1S/C14H14N2O3/c17-14(18)7-6-12-10-15-16(11-12)8-9-19-13-4-2-1-3-5-13/h1-7,10-11H,8-9H2,(H,17,18). The normalized spacial score (nSPS) is 10.7. The minimum Gasteiger partial charge on any atom is -0.492 e. The number of ether oxygens (including phenoxy) is 1. The van der Waals surface area contributed by atoms with Crippen molar-refractivity contribution >= 4 is 12.0 Å². The maximum Gasteiger partial charge on any atom is 0.328 e. The van der Waals surface area contributed by atoms with Crippen LogP contribution in [0.3, 0.4) is 0 Å². The summed E-state index contributed by atoms with van der Waals surface area (Å²) in [7, 11) is 0. The molecule has 2 aromatic rings. The molecule has 0 fully saturated rings. The maximum atomic E-state index is 10.4. The number of aliphatic carboxylic acids is 1. The minimum absolute atomic E-state index is 0.508. The summed E-state index contributed by atoms with van der Waals surface area (Å²) in [4.78, 5) is 10.4. The third-order valence-electron chi connectivity index (χ3n) is 2.40. The summed E-state index contributed by atoms with van der Waals surface area (Å²) in [6.45, 7) is 1.11. The molecule has 0 amide bonds. The fourth-order valence-electron chi connectivity index (χ4n) is 1.53. The lowest BCUT2D eigenvalue weighted by molar-refractivity contribution is -0.131. The number of hydrogen-bond acceptors (Lipinski definition) is 3. The van der Waals surface area contributed by atoms with Gasteiger partial charge in [0.25, 0.3) is 0 Å². The average Bonchev–Trinajstić information content (AvgIpc) is 2.86. The Kier molecular flexibility index (Phi) is 4.34. The lowest BCUT2D eigenvalue weighted by Gasteiger charge is -2.05. The van der Waals surface area contributed by atoms with Gasteiger partial charge in [-0.15, -0.1) is 0 Å². The van der Waals surface area contributed by atoms with Crippen LogP contribution in [-0.2, 0) is 11.3 Å². The predicted molar refractivity (Wildman–Crippen MR) is 70.8 cm³/mol. The molecule has 0 spiro atoms. The zero-order chi connectivity index (χ0) is 13.5. The minimum atomic E-state index is -0.972. The number of hydrogen-bond donors (Lipinski definition) is 1. The molecule has 0 radical (unpaired) electrons. The van der Waals surface area contributed by atoms with Crippen LogP contribution in [0.25, 0.3) is 6.08 Å². The van der Waals surface area contributed by atoms with E-state index in [1.165, 1.54) is 6.08 Å². The van der Waals surface area contributed by atoms with Crippen LogP contribution in [-0.4, -0.2) is 27.5 Å². The maximum absolute atomic E-state index is 10.4. The van der Waals surface area contributed by atoms with E-state index in [0.717, 1.165) is 17.4 Å². The first-order valence-electron chi connectivity index (χ1n) is 5.85. The van der Waals surface area contributed by atoms with Gasteiger partial charge in [-0.3, -0.25) is 4.68 Å². The fraction of sp³-hybridized carbons (Fsp3) is 0.143. The van der Waals surface area contributed by atoms with Gasteiger partial charge < -0.3 is 9.84 Å². The van der Waals surface area contributed by atoms with Crippen LogP contribution >= 0.6 is 0 Å². The van der Waals surface area contributed by atoms with Gasteiger partial charge in [-0.05, 0) is 18.2 Å². The van der Waals surface area contributed by atoms with Crippen LogP contribution < -0.4 is 4.74 Å². The Morgan fingerprint density at radius 3 is 2.89 bits per heavy atom. The van der Waals surface area contributed by atoms with Gasteiger partial charge in [-0.1, -0.05) is 18.2 Å². The highest BCUT2D eigenvalue weighted by molar-refractivity contribution is 5.85. The molecule has 19 heavy (non-hydrogen) atoms. The molecule has 5 nitrogen and oxygen atoms in total. The molecule has 0 atom stereocenters. The zero-order valence-electron chi connectivity index (χ0n) is 10.3. The Bertz CT molecular complexity index is 561. The van der Waals surface area contributed by atoms with E-state index in [0.29, 0.717) is 13.2 Å². The van der Waals surface area contributed by atoms with Crippen molar-refractivity contribution in [1.29, 1.82) is 0 Å². The zero-order valence-corrected chi connectivity index (χ0v) is 10.3. The molecule has 1 heterocycles. The fourth-order valence-corrected chi connectivity index (χ4v) is 1.53. The molecular weight excluding hydrogens is 244 g/mol. The average molecular weight is 258 g/mol. The van der Waals surface area contributed by atoms with Crippen LogP contribution in [0, 0.1) is 0 Å². The first kappa shape index (κ1) is 12.9. The smallest absolute Gasteiger partial charge is 0.328 e. The molecule has 0 unspecified atom stereocenters. The molecular formula is C14H14N2O3. The van der Waals surface area contributed by atoms with Crippen molar-refractivity contribution < 1.29 is 14.6 Å². The van der Waals surface area contributed by atoms with E-state index in [4.69, 9.17) is 9.84 Å². The summed E-state index contributed by atoms with van der Waals surface area (Å²) in [5, 5.41) is 12.6. The number of nitrogens with zero attached hydrogens (tertiary/aromatic N) is 2. The van der Waals surface area contributed by atoms with E-state index >= 15 is 0 Å². The topological polar surface area (TPSA) is 64.3 Å². The van der Waals surface area contributed by atoms with Gasteiger partial charge in [0, 0.05) is 17.8 Å². The monoisotopic (exact) mass is 258 g/mol. The summed E-state index contributed by atoms with van der Waals surface area (Å²) in [6, 6.07) is 9.55. The van der Waals surface area contributed by atoms with Gasteiger partial charge in [0.1, 0.15) is 12.4 Å². The first-order valence-corrected chi connectivity index (χ1v) is 5.85. The molecule has 0 saturated carbocycles. The lowest BCUT2D eigenvalue weighted by atomic mass is 10.3. The van der Waals surface area contributed by atoms with Gasteiger partial charge in [0.05, 0.1) is 12.7 Å². The number of carbonyl (C=O) groups is 1. The van der Waals surface area contributed by atoms with Crippen LogP contribution in [0.5, 0.6) is 5.75 Å². The van der Waals surface area contributed by atoms with Crippen LogP contribution in [0.15, 0.2) is 48.8 Å². The summed E-state index contributed by atoms with van der Waals surface area (Å²) >= 11 is 0. The van der Waals surface area contributed by atoms with Crippen molar-refractivity contribution in [2.75, 3.05) is 6.61 Å². The molecule has 0 aliphatic rings. The van der Waals surface area contributed by atoms with E-state index in [1.807, 2.05) is 30.3 Å². The van der Waals surface area contributed by atoms with Gasteiger partial charge in [0.2, 0.25) is 0 Å². The number of aromatic nitrogens is 2. The molecule has 0 saturated heterocycles. The third kappa shape index (κ3) is 4.31. The molecule has 98 valence electrons. The largest absolute Gasteiger partial charge is 0.492 e. The predicted octanol–water partition coefficient (Wildman–Crippen LogP) is 2.06. The molecule has 5 heteroatoms. The lowest BCUT2D eigenvalue weighted by Crippen LogP contribution is -2.08. The Labute approximate surface area is 110 Å². The second-order valence-corrected chi connectivity index (χ2v) is 3.87. The van der Waals surface area contributed by atoms with Gasteiger partial charge in [-0.2, -0.15) is 5.10 Å². The summed E-state index contributed by atoms with van der Waals surface area (Å²) < 4.78 is 7.26. The Balaban J connectivity index is 1.82. The van der Waals surface area contributed by atoms with Crippen LogP contribution in [0.2, 0.25) is 0 Å². The van der Waals surface area contributed by atoms with Crippen molar-refractivity contribution in [2.45, 2.75) is 6.54 Å². The van der Waals surface area contributed by atoms with E-state index in [-0.39, 0.29) is 0 Å². The van der Waals surface area contributed by atoms with Crippen molar-refractivity contribution in [3.05, 3.63) is 54.4 Å². The van der Waals surface area contributed by atoms with E-state index in [9.17, 15) is 4.79 Å². The first-order chi connectivity index (χ1) is 9.24. The number of carboxylic acid groups (broad SMARTS) is 1. The van der Waals surface area contributed by atoms with E-state index in [1.54, 1.807) is 17.1 Å². The van der Waals surface area contributed by atoms with E-state index in [2.05, 4.69) is 5.10 Å². The highest BCUT2D eigenvalue weighted by atomic mass is 16.5. The number of carboxylic acids is 1. The Morgan fingerprint density at radius 2 is 2.16 bits per heavy atom. The van der Waals surface area contributed by atoms with Crippen LogP contribution in [0.4, 0.5) is 0 Å². The number of rotatable bonds is 6. The quantitative estimate of drug-likeness (QED) is 0.805. The SMILES string of the molecule is O=C(O)C=Cc1cnn(CCOc2ccccc2)c1. The van der Waals surface area contributed by atoms with E-state index < -0.39 is 5.97 Å². The van der Waals surface area contributed by atoms with Gasteiger partial charge in [0.15, 0.2) is 0 Å². The molecule has 0 aliphatic carbocycles. The Hall–Kier alpha value is -2.56. The molecule has 1 aromatic heterocycles. The van der Waals surface area contributed by atoms with Gasteiger partial charge in [-0.25, -0.2) is 4.79 Å². The molecule has 0 aliphatic heterocycles. The highest BCUT2D eigenvalue weighted by Crippen LogP contribution is 2.08. The summed E-state index contributed by atoms with van der Waals surface area (Å²) in [5.41, 5.74) is 0.752. The second-order valence-electron chi connectivity index (χ2n) is 3.87. The molecule has 1 N–H and O–H groups in total. The van der Waals surface area contributed by atoms with Crippen molar-refractivity contribution in [2.24, 2.45) is 0 Å². The molecule has 1 aromatic carbocycles. The third-order valence-corrected chi connectivity index (χ3v) is 2.40. The highest BCUT2D eigenvalue weighted by Gasteiger charge is 1.97. The second kappa shape index (κ2) is 6.39.